The summed E-state index contributed by atoms with van der Waals surface area (Å²) in [5.41, 5.74) is 0.956. The van der Waals surface area contributed by atoms with Gasteiger partial charge in [-0.15, -0.1) is 11.3 Å². The highest BCUT2D eigenvalue weighted by Crippen LogP contribution is 2.34. The number of fused-ring (bicyclic) bond motifs is 1. The highest BCUT2D eigenvalue weighted by Gasteiger charge is 2.35. The molecule has 1 aliphatic rings. The molecule has 0 spiro atoms. The van der Waals surface area contributed by atoms with Gasteiger partial charge in [0.25, 0.3) is 0 Å². The van der Waals surface area contributed by atoms with Crippen LogP contribution in [-0.4, -0.2) is 56.9 Å². The largest absolute Gasteiger partial charge is 0.497 e. The molecule has 0 bridgehead atoms. The molecule has 1 aromatic heterocycles. The van der Waals surface area contributed by atoms with Gasteiger partial charge < -0.3 is 14.4 Å². The predicted octanol–water partition coefficient (Wildman–Crippen LogP) is 5.14. The number of sulfonamides is 1. The monoisotopic (exact) mass is 560 g/mol. The van der Waals surface area contributed by atoms with Crippen LogP contribution in [0.4, 0.5) is 4.39 Å². The summed E-state index contributed by atoms with van der Waals surface area (Å²) >= 11 is 1.61. The summed E-state index contributed by atoms with van der Waals surface area (Å²) < 4.78 is 53.6. The van der Waals surface area contributed by atoms with E-state index in [0.717, 1.165) is 10.4 Å². The van der Waals surface area contributed by atoms with Crippen molar-refractivity contribution in [3.05, 3.63) is 76.2 Å². The Hall–Kier alpha value is -2.95. The molecule has 4 rings (SSSR count). The molecule has 0 unspecified atom stereocenters. The molecule has 7 nitrogen and oxygen atoms in total. The van der Waals surface area contributed by atoms with Gasteiger partial charge in [0.2, 0.25) is 15.9 Å². The summed E-state index contributed by atoms with van der Waals surface area (Å²) in [4.78, 5) is 16.7. The van der Waals surface area contributed by atoms with Gasteiger partial charge in [0.15, 0.2) is 11.6 Å². The molecule has 3 aromatic rings. The highest BCUT2D eigenvalue weighted by atomic mass is 32.2. The minimum atomic E-state index is -3.93. The SMILES string of the molecule is COc1ccc(S(=O)(=O)N(CCC(C)C)CC(=O)N2CCc3sccc3[C@@H]2COc2ccccc2F)cc1. The van der Waals surface area contributed by atoms with Crippen molar-refractivity contribution in [1.82, 2.24) is 9.21 Å². The molecular weight excluding hydrogens is 527 g/mol. The predicted molar refractivity (Wildman–Crippen MR) is 146 cm³/mol. The minimum Gasteiger partial charge on any atom is -0.497 e. The van der Waals surface area contributed by atoms with Crippen LogP contribution in [0.3, 0.4) is 0 Å². The normalized spacial score (nSPS) is 15.5. The Kier molecular flexibility index (Phi) is 9.07. The molecule has 204 valence electrons. The lowest BCUT2D eigenvalue weighted by Gasteiger charge is -2.37. The molecule has 38 heavy (non-hydrogen) atoms. The van der Waals surface area contributed by atoms with Crippen LogP contribution >= 0.6 is 11.3 Å². The fourth-order valence-electron chi connectivity index (χ4n) is 4.43. The van der Waals surface area contributed by atoms with Crippen LogP contribution in [0.5, 0.6) is 11.5 Å². The van der Waals surface area contributed by atoms with E-state index in [-0.39, 0.29) is 42.2 Å². The van der Waals surface area contributed by atoms with E-state index in [1.807, 2.05) is 25.3 Å². The molecule has 10 heteroatoms. The molecule has 1 atom stereocenters. The first-order valence-corrected chi connectivity index (χ1v) is 14.9. The maximum atomic E-state index is 14.2. The first-order chi connectivity index (χ1) is 18.2. The van der Waals surface area contributed by atoms with Crippen molar-refractivity contribution in [3.8, 4) is 11.5 Å². The van der Waals surface area contributed by atoms with Crippen LogP contribution in [0.2, 0.25) is 0 Å². The van der Waals surface area contributed by atoms with E-state index in [9.17, 15) is 17.6 Å². The van der Waals surface area contributed by atoms with E-state index in [0.29, 0.717) is 25.1 Å². The molecule has 0 N–H and O–H groups in total. The number of carbonyl (C=O) groups excluding carboxylic acids is 1. The second-order valence-electron chi connectivity index (χ2n) is 9.59. The Morgan fingerprint density at radius 2 is 1.89 bits per heavy atom. The van der Waals surface area contributed by atoms with Crippen molar-refractivity contribution in [2.24, 2.45) is 5.92 Å². The second kappa shape index (κ2) is 12.3. The number of benzene rings is 2. The van der Waals surface area contributed by atoms with Crippen LogP contribution in [0, 0.1) is 11.7 Å². The average molecular weight is 561 g/mol. The summed E-state index contributed by atoms with van der Waals surface area (Å²) in [6, 6.07) is 13.8. The van der Waals surface area contributed by atoms with Gasteiger partial charge in [-0.05, 0) is 72.2 Å². The fraction of sp³-hybridized carbons (Fsp3) is 0.393. The molecule has 2 heterocycles. The van der Waals surface area contributed by atoms with E-state index in [1.54, 1.807) is 46.6 Å². The fourth-order valence-corrected chi connectivity index (χ4v) is 6.76. The lowest BCUT2D eigenvalue weighted by molar-refractivity contribution is -0.135. The van der Waals surface area contributed by atoms with Gasteiger partial charge in [0.05, 0.1) is 24.6 Å². The lowest BCUT2D eigenvalue weighted by Crippen LogP contribution is -2.48. The standard InChI is InChI=1S/C28H33FN2O5S2/c1-20(2)12-15-30(38(33,34)22-10-8-21(35-3)9-11-22)18-28(32)31-16-13-27-23(14-17-37-27)25(31)19-36-26-7-5-4-6-24(26)29/h4-11,14,17,20,25H,12-13,15-16,18-19H2,1-3H3/t25-/m0/s1. The summed E-state index contributed by atoms with van der Waals surface area (Å²) in [5, 5.41) is 1.97. The van der Waals surface area contributed by atoms with Gasteiger partial charge in [-0.3, -0.25) is 4.79 Å². The van der Waals surface area contributed by atoms with Crippen molar-refractivity contribution in [2.45, 2.75) is 37.6 Å². The summed E-state index contributed by atoms with van der Waals surface area (Å²) in [6.07, 6.45) is 1.28. The second-order valence-corrected chi connectivity index (χ2v) is 12.5. The Bertz CT molecular complexity index is 1340. The zero-order valence-corrected chi connectivity index (χ0v) is 23.4. The zero-order valence-electron chi connectivity index (χ0n) is 21.8. The molecule has 0 aliphatic carbocycles. The van der Waals surface area contributed by atoms with Crippen LogP contribution < -0.4 is 9.47 Å². The summed E-state index contributed by atoms with van der Waals surface area (Å²) in [5.74, 6) is 0.125. The van der Waals surface area contributed by atoms with Crippen molar-refractivity contribution in [3.63, 3.8) is 0 Å². The van der Waals surface area contributed by atoms with Crippen molar-refractivity contribution >= 4 is 27.3 Å². The number of carbonyl (C=O) groups is 1. The number of thiophene rings is 1. The number of ether oxygens (including phenoxy) is 2. The van der Waals surface area contributed by atoms with Crippen LogP contribution in [0.25, 0.3) is 0 Å². The molecule has 1 amide bonds. The number of nitrogens with zero attached hydrogens (tertiary/aromatic N) is 2. The minimum absolute atomic E-state index is 0.0631. The quantitative estimate of drug-likeness (QED) is 0.325. The van der Waals surface area contributed by atoms with E-state index < -0.39 is 21.9 Å². The van der Waals surface area contributed by atoms with Gasteiger partial charge in [-0.2, -0.15) is 4.31 Å². The molecule has 1 aliphatic heterocycles. The number of hydrogen-bond acceptors (Lipinski definition) is 6. The average Bonchev–Trinajstić information content (AvgIpc) is 3.39. The Morgan fingerprint density at radius 3 is 2.58 bits per heavy atom. The number of halogens is 1. The third-order valence-electron chi connectivity index (χ3n) is 6.61. The molecular formula is C28H33FN2O5S2. The molecule has 0 saturated carbocycles. The summed E-state index contributed by atoms with van der Waals surface area (Å²) in [6.45, 7) is 4.44. The smallest absolute Gasteiger partial charge is 0.243 e. The van der Waals surface area contributed by atoms with E-state index in [4.69, 9.17) is 9.47 Å². The van der Waals surface area contributed by atoms with Crippen LogP contribution in [0.15, 0.2) is 64.9 Å². The van der Waals surface area contributed by atoms with Crippen molar-refractivity contribution < 1.29 is 27.1 Å². The van der Waals surface area contributed by atoms with Gasteiger partial charge in [0.1, 0.15) is 12.4 Å². The topological polar surface area (TPSA) is 76.2 Å². The molecule has 2 aromatic carbocycles. The van der Waals surface area contributed by atoms with Crippen molar-refractivity contribution in [2.75, 3.05) is 33.4 Å². The van der Waals surface area contributed by atoms with Gasteiger partial charge >= 0.3 is 0 Å². The number of para-hydroxylation sites is 1. The van der Waals surface area contributed by atoms with Crippen LogP contribution in [0.1, 0.15) is 36.8 Å². The van der Waals surface area contributed by atoms with Crippen LogP contribution in [-0.2, 0) is 21.2 Å². The summed E-state index contributed by atoms with van der Waals surface area (Å²) in [7, 11) is -2.42. The van der Waals surface area contributed by atoms with E-state index >= 15 is 0 Å². The number of rotatable bonds is 11. The first kappa shape index (κ1) is 28.1. The lowest BCUT2D eigenvalue weighted by atomic mass is 10.0. The Labute approximate surface area is 227 Å². The zero-order chi connectivity index (χ0) is 27.3. The number of hydrogen-bond donors (Lipinski definition) is 0. The van der Waals surface area contributed by atoms with E-state index in [2.05, 4.69) is 0 Å². The Morgan fingerprint density at radius 1 is 1.16 bits per heavy atom. The highest BCUT2D eigenvalue weighted by molar-refractivity contribution is 7.89. The maximum Gasteiger partial charge on any atom is 0.243 e. The van der Waals surface area contributed by atoms with E-state index in [1.165, 1.54) is 29.6 Å². The third kappa shape index (κ3) is 6.36. The molecule has 0 saturated heterocycles. The van der Waals surface area contributed by atoms with Gasteiger partial charge in [-0.25, -0.2) is 12.8 Å². The Balaban J connectivity index is 1.58. The third-order valence-corrected chi connectivity index (χ3v) is 9.47. The van der Waals surface area contributed by atoms with Gasteiger partial charge in [-0.1, -0.05) is 26.0 Å². The maximum absolute atomic E-state index is 14.2. The first-order valence-electron chi connectivity index (χ1n) is 12.6. The molecule has 0 fully saturated rings. The number of methoxy groups -OCH3 is 1. The van der Waals surface area contributed by atoms with Gasteiger partial charge in [0, 0.05) is 18.0 Å². The molecule has 0 radical (unpaired) electrons. The number of amides is 1. The van der Waals surface area contributed by atoms with Crippen molar-refractivity contribution in [1.29, 1.82) is 0 Å².